The van der Waals surface area contributed by atoms with Gasteiger partial charge in [0.05, 0.1) is 30.0 Å². The number of sulfonamides is 1. The van der Waals surface area contributed by atoms with E-state index in [0.717, 1.165) is 16.9 Å². The summed E-state index contributed by atoms with van der Waals surface area (Å²) in [5.74, 6) is 0. The molecule has 7 heteroatoms. The molecule has 1 aromatic heterocycles. The van der Waals surface area contributed by atoms with Gasteiger partial charge < -0.3 is 5.32 Å². The Hall–Kier alpha value is 0.0500. The Morgan fingerprint density at radius 3 is 2.53 bits per heavy atom. The van der Waals surface area contributed by atoms with Crippen LogP contribution in [0.3, 0.4) is 0 Å². The molecule has 1 aromatic rings. The largest absolute Gasteiger partial charge is 0.344 e. The number of piperazine rings is 1. The van der Waals surface area contributed by atoms with E-state index in [4.69, 9.17) is 0 Å². The van der Waals surface area contributed by atoms with Crippen LogP contribution in [-0.4, -0.2) is 38.9 Å². The van der Waals surface area contributed by atoms with Crippen LogP contribution in [0.15, 0.2) is 20.1 Å². The standard InChI is InChI=1S/C8H11BrN2O2S2/c9-7-1-2-8(14-7)15(12,13)11-5-3-10-4-6-11/h1-2,10H,3-6H2/p+1. The van der Waals surface area contributed by atoms with Crippen molar-refractivity contribution in [1.29, 1.82) is 0 Å². The number of hydrogen-bond donors (Lipinski definition) is 1. The van der Waals surface area contributed by atoms with E-state index in [1.807, 2.05) is 0 Å². The minimum Gasteiger partial charge on any atom is -0.344 e. The van der Waals surface area contributed by atoms with Gasteiger partial charge in [-0.15, -0.1) is 11.3 Å². The van der Waals surface area contributed by atoms with Crippen LogP contribution in [0.5, 0.6) is 0 Å². The second-order valence-corrected chi connectivity index (χ2v) is 7.96. The quantitative estimate of drug-likeness (QED) is 0.841. The summed E-state index contributed by atoms with van der Waals surface area (Å²) in [7, 11) is -3.24. The van der Waals surface area contributed by atoms with Gasteiger partial charge in [0.2, 0.25) is 0 Å². The fraction of sp³-hybridized carbons (Fsp3) is 0.500. The first kappa shape index (κ1) is 11.5. The highest BCUT2D eigenvalue weighted by Crippen LogP contribution is 2.28. The molecule has 0 amide bonds. The number of nitrogens with zero attached hydrogens (tertiary/aromatic N) is 1. The van der Waals surface area contributed by atoms with Crippen LogP contribution in [0.4, 0.5) is 0 Å². The van der Waals surface area contributed by atoms with Gasteiger partial charge in [-0.25, -0.2) is 8.42 Å². The highest BCUT2D eigenvalue weighted by molar-refractivity contribution is 9.11. The zero-order valence-electron chi connectivity index (χ0n) is 8.02. The topological polar surface area (TPSA) is 54.0 Å². The third-order valence-corrected chi connectivity index (χ3v) is 6.30. The lowest BCUT2D eigenvalue weighted by Gasteiger charge is -2.23. The van der Waals surface area contributed by atoms with E-state index < -0.39 is 10.0 Å². The normalized spacial score (nSPS) is 19.3. The predicted octanol–water partition coefficient (Wildman–Crippen LogP) is 0.0783. The molecule has 0 spiro atoms. The highest BCUT2D eigenvalue weighted by Gasteiger charge is 2.28. The summed E-state index contributed by atoms with van der Waals surface area (Å²) in [5, 5.41) is 2.14. The molecule has 2 N–H and O–H groups in total. The van der Waals surface area contributed by atoms with E-state index in [2.05, 4.69) is 21.2 Å². The van der Waals surface area contributed by atoms with Crippen molar-refractivity contribution in [1.82, 2.24) is 4.31 Å². The Balaban J connectivity index is 2.26. The SMILES string of the molecule is O=S(=O)(c1ccc(Br)s1)N1CC[NH2+]CC1. The second kappa shape index (κ2) is 4.50. The molecule has 1 aliphatic rings. The molecule has 1 aliphatic heterocycles. The smallest absolute Gasteiger partial charge is 0.252 e. The van der Waals surface area contributed by atoms with Crippen molar-refractivity contribution in [3.63, 3.8) is 0 Å². The van der Waals surface area contributed by atoms with E-state index in [-0.39, 0.29) is 0 Å². The van der Waals surface area contributed by atoms with Crippen LogP contribution in [-0.2, 0) is 10.0 Å². The molecule has 84 valence electrons. The number of hydrogen-bond acceptors (Lipinski definition) is 3. The highest BCUT2D eigenvalue weighted by atomic mass is 79.9. The van der Waals surface area contributed by atoms with Gasteiger partial charge in [-0.05, 0) is 28.1 Å². The van der Waals surface area contributed by atoms with E-state index in [0.29, 0.717) is 17.3 Å². The van der Waals surface area contributed by atoms with Crippen molar-refractivity contribution in [2.24, 2.45) is 0 Å². The van der Waals surface area contributed by atoms with Crippen molar-refractivity contribution < 1.29 is 13.7 Å². The summed E-state index contributed by atoms with van der Waals surface area (Å²) < 4.78 is 27.0. The summed E-state index contributed by atoms with van der Waals surface area (Å²) in [6.07, 6.45) is 0. The van der Waals surface area contributed by atoms with Gasteiger partial charge in [0.1, 0.15) is 4.21 Å². The Labute approximate surface area is 101 Å². The van der Waals surface area contributed by atoms with Crippen LogP contribution >= 0.6 is 27.3 Å². The minimum atomic E-state index is -3.24. The fourth-order valence-corrected chi connectivity index (χ4v) is 5.16. The maximum atomic E-state index is 12.1. The number of rotatable bonds is 2. The summed E-state index contributed by atoms with van der Waals surface area (Å²) in [4.78, 5) is 0. The zero-order chi connectivity index (χ0) is 10.9. The molecule has 2 heterocycles. The van der Waals surface area contributed by atoms with Crippen LogP contribution < -0.4 is 5.32 Å². The zero-order valence-corrected chi connectivity index (χ0v) is 11.2. The van der Waals surface area contributed by atoms with Crippen LogP contribution in [0.2, 0.25) is 0 Å². The molecule has 0 saturated carbocycles. The molecule has 15 heavy (non-hydrogen) atoms. The van der Waals surface area contributed by atoms with E-state index in [1.54, 1.807) is 16.4 Å². The number of halogens is 1. The average molecular weight is 312 g/mol. The third-order valence-electron chi connectivity index (χ3n) is 2.31. The van der Waals surface area contributed by atoms with Crippen LogP contribution in [0.25, 0.3) is 0 Å². The lowest BCUT2D eigenvalue weighted by molar-refractivity contribution is -0.661. The maximum Gasteiger partial charge on any atom is 0.252 e. The summed E-state index contributed by atoms with van der Waals surface area (Å²) in [6.45, 7) is 2.92. The Bertz CT molecular complexity index is 437. The molecule has 0 atom stereocenters. The molecule has 0 aliphatic carbocycles. The first-order chi connectivity index (χ1) is 7.10. The van der Waals surface area contributed by atoms with Crippen molar-refractivity contribution in [3.05, 3.63) is 15.9 Å². The monoisotopic (exact) mass is 311 g/mol. The molecule has 1 saturated heterocycles. The molecule has 0 bridgehead atoms. The van der Waals surface area contributed by atoms with E-state index in [9.17, 15) is 8.42 Å². The predicted molar refractivity (Wildman–Crippen MR) is 62.4 cm³/mol. The van der Waals surface area contributed by atoms with Gasteiger partial charge >= 0.3 is 0 Å². The number of quaternary nitrogens is 1. The first-order valence-electron chi connectivity index (χ1n) is 4.68. The van der Waals surface area contributed by atoms with Crippen molar-refractivity contribution in [2.75, 3.05) is 26.2 Å². The lowest BCUT2D eigenvalue weighted by atomic mass is 10.4. The molecular weight excluding hydrogens is 300 g/mol. The first-order valence-corrected chi connectivity index (χ1v) is 7.73. The van der Waals surface area contributed by atoms with Crippen molar-refractivity contribution in [2.45, 2.75) is 4.21 Å². The van der Waals surface area contributed by atoms with Gasteiger partial charge in [-0.2, -0.15) is 4.31 Å². The van der Waals surface area contributed by atoms with Gasteiger partial charge in [-0.3, -0.25) is 0 Å². The summed E-state index contributed by atoms with van der Waals surface area (Å²) in [5.41, 5.74) is 0. The van der Waals surface area contributed by atoms with Crippen molar-refractivity contribution >= 4 is 37.3 Å². The second-order valence-electron chi connectivity index (χ2n) is 3.33. The minimum absolute atomic E-state index is 0.427. The molecule has 0 radical (unpaired) electrons. The van der Waals surface area contributed by atoms with E-state index in [1.165, 1.54) is 11.3 Å². The molecule has 0 aromatic carbocycles. The Morgan fingerprint density at radius 1 is 1.33 bits per heavy atom. The van der Waals surface area contributed by atoms with Gasteiger partial charge in [0.15, 0.2) is 0 Å². The number of nitrogens with two attached hydrogens (primary N) is 1. The molecule has 0 unspecified atom stereocenters. The van der Waals surface area contributed by atoms with E-state index >= 15 is 0 Å². The Morgan fingerprint density at radius 2 is 2.00 bits per heavy atom. The van der Waals surface area contributed by atoms with Crippen LogP contribution in [0, 0.1) is 0 Å². The van der Waals surface area contributed by atoms with Crippen molar-refractivity contribution in [3.8, 4) is 0 Å². The Kier molecular flexibility index (Phi) is 3.46. The van der Waals surface area contributed by atoms with Crippen LogP contribution in [0.1, 0.15) is 0 Å². The number of thiophene rings is 1. The summed E-state index contributed by atoms with van der Waals surface area (Å²) in [6, 6.07) is 3.43. The molecule has 1 fully saturated rings. The average Bonchev–Trinajstić information content (AvgIpc) is 2.67. The molecule has 2 rings (SSSR count). The lowest BCUT2D eigenvalue weighted by Crippen LogP contribution is -2.89. The summed E-state index contributed by atoms with van der Waals surface area (Å²) >= 11 is 4.54. The molecular formula is C8H12BrN2O2S2+. The third kappa shape index (κ3) is 2.42. The maximum absolute atomic E-state index is 12.1. The van der Waals surface area contributed by atoms with Gasteiger partial charge in [0.25, 0.3) is 10.0 Å². The van der Waals surface area contributed by atoms with Gasteiger partial charge in [0, 0.05) is 0 Å². The molecule has 4 nitrogen and oxygen atoms in total. The van der Waals surface area contributed by atoms with Gasteiger partial charge in [-0.1, -0.05) is 0 Å². The fourth-order valence-electron chi connectivity index (χ4n) is 1.53.